The Morgan fingerprint density at radius 1 is 1.70 bits per heavy atom. The smallest absolute Gasteiger partial charge is 0.245 e. The predicted molar refractivity (Wildman–Crippen MR) is 35.5 cm³/mol. The van der Waals surface area contributed by atoms with Gasteiger partial charge in [-0.1, -0.05) is 0 Å². The van der Waals surface area contributed by atoms with Crippen molar-refractivity contribution in [2.75, 3.05) is 26.4 Å². The molecule has 10 heavy (non-hydrogen) atoms. The highest BCUT2D eigenvalue weighted by Gasteiger charge is 1.96. The van der Waals surface area contributed by atoms with Crippen LogP contribution in [0.2, 0.25) is 0 Å². The molecule has 0 aromatic rings. The SMILES string of the molecule is CCNC(=O)COCCF. The van der Waals surface area contributed by atoms with E-state index < -0.39 is 6.67 Å². The molecule has 0 rings (SSSR count). The van der Waals surface area contributed by atoms with Crippen LogP contribution < -0.4 is 5.32 Å². The number of carbonyl (C=O) groups is 1. The molecule has 0 aliphatic carbocycles. The molecule has 0 heterocycles. The molecule has 0 unspecified atom stereocenters. The van der Waals surface area contributed by atoms with E-state index in [4.69, 9.17) is 0 Å². The van der Waals surface area contributed by atoms with Gasteiger partial charge in [0.2, 0.25) is 5.91 Å². The average molecular weight is 149 g/mol. The molecule has 0 aromatic carbocycles. The van der Waals surface area contributed by atoms with Gasteiger partial charge in [-0.3, -0.25) is 4.79 Å². The first kappa shape index (κ1) is 9.36. The van der Waals surface area contributed by atoms with E-state index in [1.807, 2.05) is 6.92 Å². The van der Waals surface area contributed by atoms with Crippen LogP contribution in [0.5, 0.6) is 0 Å². The second-order valence-electron chi connectivity index (χ2n) is 1.70. The third-order valence-electron chi connectivity index (χ3n) is 0.829. The van der Waals surface area contributed by atoms with E-state index in [9.17, 15) is 9.18 Å². The summed E-state index contributed by atoms with van der Waals surface area (Å²) in [6.07, 6.45) is 0. The fraction of sp³-hybridized carbons (Fsp3) is 0.833. The molecule has 0 aromatic heterocycles. The topological polar surface area (TPSA) is 38.3 Å². The Hall–Kier alpha value is -0.640. The van der Waals surface area contributed by atoms with Gasteiger partial charge in [0.05, 0.1) is 6.61 Å². The summed E-state index contributed by atoms with van der Waals surface area (Å²) in [7, 11) is 0. The number of ether oxygens (including phenoxy) is 1. The van der Waals surface area contributed by atoms with Crippen LogP contribution in [0, 0.1) is 0 Å². The summed E-state index contributed by atoms with van der Waals surface area (Å²) in [5, 5.41) is 2.52. The molecule has 1 amide bonds. The minimum absolute atomic E-state index is 0.00284. The molecule has 0 saturated heterocycles. The normalized spacial score (nSPS) is 9.40. The Labute approximate surface area is 59.6 Å². The monoisotopic (exact) mass is 149 g/mol. The third kappa shape index (κ3) is 5.50. The number of rotatable bonds is 5. The van der Waals surface area contributed by atoms with Crippen LogP contribution in [0.4, 0.5) is 4.39 Å². The first-order valence-corrected chi connectivity index (χ1v) is 3.21. The van der Waals surface area contributed by atoms with Crippen LogP contribution in [-0.2, 0) is 9.53 Å². The number of carbonyl (C=O) groups excluding carboxylic acids is 1. The van der Waals surface area contributed by atoms with E-state index >= 15 is 0 Å². The summed E-state index contributed by atoms with van der Waals surface area (Å²) >= 11 is 0. The van der Waals surface area contributed by atoms with Gasteiger partial charge in [0.1, 0.15) is 13.3 Å². The molecule has 0 saturated carbocycles. The summed E-state index contributed by atoms with van der Waals surface area (Å²) in [6, 6.07) is 0. The van der Waals surface area contributed by atoms with Gasteiger partial charge < -0.3 is 10.1 Å². The number of nitrogens with one attached hydrogen (secondary N) is 1. The van der Waals surface area contributed by atoms with Crippen LogP contribution in [0.25, 0.3) is 0 Å². The van der Waals surface area contributed by atoms with Crippen LogP contribution in [0.3, 0.4) is 0 Å². The zero-order chi connectivity index (χ0) is 7.82. The number of amides is 1. The lowest BCUT2D eigenvalue weighted by Crippen LogP contribution is -2.27. The maximum Gasteiger partial charge on any atom is 0.245 e. The Kier molecular flexibility index (Phi) is 6.06. The standard InChI is InChI=1S/C6H12FNO2/c1-2-8-6(9)5-10-4-3-7/h2-5H2,1H3,(H,8,9). The van der Waals surface area contributed by atoms with Gasteiger partial charge in [-0.15, -0.1) is 0 Å². The molecule has 0 bridgehead atoms. The molecule has 0 atom stereocenters. The Balaban J connectivity index is 3.05. The first-order valence-electron chi connectivity index (χ1n) is 3.21. The predicted octanol–water partition coefficient (Wildman–Crippen LogP) is 0.109. The van der Waals surface area contributed by atoms with Gasteiger partial charge >= 0.3 is 0 Å². The minimum atomic E-state index is -0.542. The van der Waals surface area contributed by atoms with Crippen molar-refractivity contribution in [1.29, 1.82) is 0 Å². The van der Waals surface area contributed by atoms with Crippen molar-refractivity contribution >= 4 is 5.91 Å². The Morgan fingerprint density at radius 2 is 2.40 bits per heavy atom. The highest BCUT2D eigenvalue weighted by atomic mass is 19.1. The van der Waals surface area contributed by atoms with E-state index in [-0.39, 0.29) is 19.1 Å². The molecule has 60 valence electrons. The number of alkyl halides is 1. The number of likely N-dealkylation sites (N-methyl/N-ethyl adjacent to an activating group) is 1. The van der Waals surface area contributed by atoms with E-state index in [1.165, 1.54) is 0 Å². The Bertz CT molecular complexity index is 97.7. The summed E-state index contributed by atoms with van der Waals surface area (Å²) in [4.78, 5) is 10.6. The third-order valence-corrected chi connectivity index (χ3v) is 0.829. The highest BCUT2D eigenvalue weighted by molar-refractivity contribution is 5.77. The maximum atomic E-state index is 11.4. The molecule has 1 N–H and O–H groups in total. The van der Waals surface area contributed by atoms with Crippen LogP contribution >= 0.6 is 0 Å². The van der Waals surface area contributed by atoms with E-state index in [1.54, 1.807) is 0 Å². The van der Waals surface area contributed by atoms with Crippen molar-refractivity contribution in [2.24, 2.45) is 0 Å². The molecular formula is C6H12FNO2. The summed E-state index contributed by atoms with van der Waals surface area (Å²) in [6.45, 7) is 1.80. The lowest BCUT2D eigenvalue weighted by atomic mass is 10.6. The van der Waals surface area contributed by atoms with Gasteiger partial charge in [0.15, 0.2) is 0 Å². The van der Waals surface area contributed by atoms with Crippen molar-refractivity contribution in [3.05, 3.63) is 0 Å². The van der Waals surface area contributed by atoms with Gasteiger partial charge in [0, 0.05) is 6.54 Å². The van der Waals surface area contributed by atoms with Crippen molar-refractivity contribution in [2.45, 2.75) is 6.92 Å². The van der Waals surface area contributed by atoms with Gasteiger partial charge in [-0.05, 0) is 6.92 Å². The second kappa shape index (κ2) is 6.48. The molecule has 0 aliphatic heterocycles. The fourth-order valence-electron chi connectivity index (χ4n) is 0.468. The average Bonchev–Trinajstić information content (AvgIpc) is 1.89. The van der Waals surface area contributed by atoms with E-state index in [0.717, 1.165) is 0 Å². The summed E-state index contributed by atoms with van der Waals surface area (Å²) in [5.74, 6) is -0.198. The molecule has 3 nitrogen and oxygen atoms in total. The zero-order valence-corrected chi connectivity index (χ0v) is 6.02. The first-order chi connectivity index (χ1) is 4.81. The number of hydrogen-bond donors (Lipinski definition) is 1. The van der Waals surface area contributed by atoms with E-state index in [2.05, 4.69) is 10.1 Å². The number of hydrogen-bond acceptors (Lipinski definition) is 2. The van der Waals surface area contributed by atoms with Crippen LogP contribution in [-0.4, -0.2) is 32.3 Å². The second-order valence-corrected chi connectivity index (χ2v) is 1.70. The lowest BCUT2D eigenvalue weighted by molar-refractivity contribution is -0.125. The zero-order valence-electron chi connectivity index (χ0n) is 6.02. The number of halogens is 1. The van der Waals surface area contributed by atoms with Crippen molar-refractivity contribution in [1.82, 2.24) is 5.32 Å². The quantitative estimate of drug-likeness (QED) is 0.563. The van der Waals surface area contributed by atoms with Crippen molar-refractivity contribution in [3.63, 3.8) is 0 Å². The summed E-state index contributed by atoms with van der Waals surface area (Å²) < 4.78 is 16.0. The summed E-state index contributed by atoms with van der Waals surface area (Å²) in [5.41, 5.74) is 0. The minimum Gasteiger partial charge on any atom is -0.369 e. The van der Waals surface area contributed by atoms with Gasteiger partial charge in [-0.2, -0.15) is 0 Å². The molecule has 0 fully saturated rings. The van der Waals surface area contributed by atoms with E-state index in [0.29, 0.717) is 6.54 Å². The molecule has 4 heteroatoms. The molecule has 0 spiro atoms. The van der Waals surface area contributed by atoms with Gasteiger partial charge in [-0.25, -0.2) is 4.39 Å². The van der Waals surface area contributed by atoms with Crippen LogP contribution in [0.15, 0.2) is 0 Å². The maximum absolute atomic E-state index is 11.4. The lowest BCUT2D eigenvalue weighted by Gasteiger charge is -2.00. The molecular weight excluding hydrogens is 137 g/mol. The Morgan fingerprint density at radius 3 is 2.90 bits per heavy atom. The molecule has 0 aliphatic rings. The van der Waals surface area contributed by atoms with Gasteiger partial charge in [0.25, 0.3) is 0 Å². The van der Waals surface area contributed by atoms with Crippen molar-refractivity contribution in [3.8, 4) is 0 Å². The molecule has 0 radical (unpaired) electrons. The van der Waals surface area contributed by atoms with Crippen LogP contribution in [0.1, 0.15) is 6.92 Å². The highest BCUT2D eigenvalue weighted by Crippen LogP contribution is 1.75. The van der Waals surface area contributed by atoms with Crippen molar-refractivity contribution < 1.29 is 13.9 Å². The largest absolute Gasteiger partial charge is 0.369 e. The fourth-order valence-corrected chi connectivity index (χ4v) is 0.468.